The summed E-state index contributed by atoms with van der Waals surface area (Å²) in [6.07, 6.45) is -1.92. The number of benzene rings is 1. The molecule has 3 aliphatic rings. The number of alkyl halides is 3. The lowest BCUT2D eigenvalue weighted by Crippen LogP contribution is -2.43. The second kappa shape index (κ2) is 5.91. The lowest BCUT2D eigenvalue weighted by atomic mass is 9.80. The molecular formula is C16H17F4N3S. The summed E-state index contributed by atoms with van der Waals surface area (Å²) in [6.45, 7) is 0.358. The highest BCUT2D eigenvalue weighted by atomic mass is 32.2. The third-order valence-electron chi connectivity index (χ3n) is 4.83. The number of fused-ring (bicyclic) bond motifs is 1. The van der Waals surface area contributed by atoms with Crippen LogP contribution >= 0.6 is 11.9 Å². The van der Waals surface area contributed by atoms with Crippen molar-refractivity contribution in [1.29, 1.82) is 0 Å². The third-order valence-corrected chi connectivity index (χ3v) is 5.68. The zero-order chi connectivity index (χ0) is 16.9. The summed E-state index contributed by atoms with van der Waals surface area (Å²) in [5.74, 6) is -1.63. The number of hydrogen-bond donors (Lipinski definition) is 2. The number of piperidine rings is 1. The van der Waals surface area contributed by atoms with Crippen LogP contribution in [0.4, 0.5) is 23.2 Å². The zero-order valence-corrected chi connectivity index (χ0v) is 13.6. The lowest BCUT2D eigenvalue weighted by Gasteiger charge is -2.35. The molecule has 1 saturated heterocycles. The average Bonchev–Trinajstić information content (AvgIpc) is 3.38. The molecular weight excluding hydrogens is 342 g/mol. The fraction of sp³-hybridized carbons (Fsp3) is 0.562. The fourth-order valence-corrected chi connectivity index (χ4v) is 4.29. The highest BCUT2D eigenvalue weighted by Gasteiger charge is 2.47. The first-order valence-corrected chi connectivity index (χ1v) is 8.87. The van der Waals surface area contributed by atoms with Crippen molar-refractivity contribution in [2.45, 2.75) is 36.3 Å². The van der Waals surface area contributed by atoms with E-state index < -0.39 is 23.8 Å². The Morgan fingerprint density at radius 2 is 1.96 bits per heavy atom. The molecule has 4 rings (SSSR count). The minimum Gasteiger partial charge on any atom is -0.316 e. The lowest BCUT2D eigenvalue weighted by molar-refractivity contribution is -0.183. The van der Waals surface area contributed by atoms with Gasteiger partial charge in [-0.15, -0.1) is 0 Å². The molecule has 3 nitrogen and oxygen atoms in total. The van der Waals surface area contributed by atoms with Crippen LogP contribution in [0.25, 0.3) is 0 Å². The van der Waals surface area contributed by atoms with Gasteiger partial charge in [-0.3, -0.25) is 0 Å². The van der Waals surface area contributed by atoms with Gasteiger partial charge in [-0.2, -0.15) is 13.2 Å². The van der Waals surface area contributed by atoms with Crippen LogP contribution in [0.1, 0.15) is 30.7 Å². The van der Waals surface area contributed by atoms with Crippen molar-refractivity contribution < 1.29 is 17.6 Å². The van der Waals surface area contributed by atoms with Gasteiger partial charge in [-0.25, -0.2) is 9.38 Å². The van der Waals surface area contributed by atoms with Gasteiger partial charge < -0.3 is 10.0 Å². The topological polar surface area (TPSA) is 36.4 Å². The zero-order valence-electron chi connectivity index (χ0n) is 12.8. The van der Waals surface area contributed by atoms with Gasteiger partial charge in [-0.05, 0) is 55.5 Å². The van der Waals surface area contributed by atoms with Crippen LogP contribution in [0.3, 0.4) is 0 Å². The molecule has 2 heterocycles. The number of aliphatic imine (C=N–C) groups is 1. The summed E-state index contributed by atoms with van der Waals surface area (Å²) in [5.41, 5.74) is 0.907. The molecule has 1 aliphatic carbocycles. The first kappa shape index (κ1) is 16.2. The van der Waals surface area contributed by atoms with Gasteiger partial charge in [0.05, 0.1) is 16.5 Å². The molecule has 2 N–H and O–H groups in total. The van der Waals surface area contributed by atoms with E-state index in [2.05, 4.69) is 15.0 Å². The molecule has 8 heteroatoms. The molecule has 2 fully saturated rings. The van der Waals surface area contributed by atoms with Gasteiger partial charge >= 0.3 is 6.18 Å². The maximum atomic E-state index is 14.0. The Kier molecular flexibility index (Phi) is 3.99. The SMILES string of the molecule is Fc1cc2c(c(C3CCNCC3C(F)(F)F)c1)N=C(C1CC1)NS2. The van der Waals surface area contributed by atoms with E-state index >= 15 is 0 Å². The first-order chi connectivity index (χ1) is 11.4. The van der Waals surface area contributed by atoms with Crippen LogP contribution in [-0.2, 0) is 0 Å². The summed E-state index contributed by atoms with van der Waals surface area (Å²) >= 11 is 1.25. The van der Waals surface area contributed by atoms with Crippen molar-refractivity contribution in [3.63, 3.8) is 0 Å². The van der Waals surface area contributed by atoms with Crippen LogP contribution in [0.15, 0.2) is 22.0 Å². The van der Waals surface area contributed by atoms with Crippen molar-refractivity contribution >= 4 is 23.5 Å². The number of amidine groups is 1. The van der Waals surface area contributed by atoms with Crippen molar-refractivity contribution in [3.05, 3.63) is 23.5 Å². The van der Waals surface area contributed by atoms with Crippen LogP contribution in [0.2, 0.25) is 0 Å². The molecule has 24 heavy (non-hydrogen) atoms. The number of nitrogens with zero attached hydrogens (tertiary/aromatic N) is 1. The average molecular weight is 359 g/mol. The van der Waals surface area contributed by atoms with E-state index in [0.717, 1.165) is 18.7 Å². The van der Waals surface area contributed by atoms with Gasteiger partial charge in [0.25, 0.3) is 0 Å². The maximum absolute atomic E-state index is 14.0. The number of rotatable bonds is 2. The molecule has 0 aromatic heterocycles. The summed E-state index contributed by atoms with van der Waals surface area (Å²) in [7, 11) is 0. The number of hydrogen-bond acceptors (Lipinski definition) is 4. The largest absolute Gasteiger partial charge is 0.393 e. The second-order valence-electron chi connectivity index (χ2n) is 6.56. The van der Waals surface area contributed by atoms with E-state index in [1.54, 1.807) is 0 Å². The summed E-state index contributed by atoms with van der Waals surface area (Å²) < 4.78 is 57.4. The van der Waals surface area contributed by atoms with Crippen molar-refractivity contribution in [1.82, 2.24) is 10.0 Å². The molecule has 0 amide bonds. The summed E-state index contributed by atoms with van der Waals surface area (Å²) in [4.78, 5) is 5.13. The van der Waals surface area contributed by atoms with Gasteiger partial charge in [0.15, 0.2) is 0 Å². The smallest absolute Gasteiger partial charge is 0.316 e. The highest BCUT2D eigenvalue weighted by Crippen LogP contribution is 2.48. The maximum Gasteiger partial charge on any atom is 0.393 e. The summed E-state index contributed by atoms with van der Waals surface area (Å²) in [6, 6.07) is 2.58. The standard InChI is InChI=1S/C16H17F4N3S/c17-9-5-11(10-3-4-21-7-12(10)16(18,19)20)14-13(6-9)24-23-15(22-14)8-1-2-8/h5-6,8,10,12,21H,1-4,7H2,(H,22,23). The Morgan fingerprint density at radius 3 is 2.67 bits per heavy atom. The van der Waals surface area contributed by atoms with E-state index in [0.29, 0.717) is 35.0 Å². The molecule has 2 unspecified atom stereocenters. The van der Waals surface area contributed by atoms with Crippen LogP contribution in [-0.4, -0.2) is 25.1 Å². The molecule has 130 valence electrons. The van der Waals surface area contributed by atoms with Crippen LogP contribution < -0.4 is 10.0 Å². The molecule has 0 spiro atoms. The second-order valence-corrected chi connectivity index (χ2v) is 7.41. The van der Waals surface area contributed by atoms with E-state index in [1.165, 1.54) is 24.1 Å². The van der Waals surface area contributed by atoms with Gasteiger partial charge in [0.1, 0.15) is 11.7 Å². The molecule has 2 atom stereocenters. The summed E-state index contributed by atoms with van der Waals surface area (Å²) in [5, 5.41) is 2.81. The minimum atomic E-state index is -4.32. The highest BCUT2D eigenvalue weighted by molar-refractivity contribution is 7.98. The Morgan fingerprint density at radius 1 is 1.17 bits per heavy atom. The Labute approximate surface area is 141 Å². The number of halogens is 4. The quantitative estimate of drug-likeness (QED) is 0.616. The van der Waals surface area contributed by atoms with Gasteiger partial charge in [-0.1, -0.05) is 0 Å². The van der Waals surface area contributed by atoms with E-state index in [1.807, 2.05) is 0 Å². The third kappa shape index (κ3) is 3.01. The molecule has 1 aromatic rings. The predicted octanol–water partition coefficient (Wildman–Crippen LogP) is 4.13. The normalized spacial score (nSPS) is 27.2. The minimum absolute atomic E-state index is 0.135. The molecule has 1 saturated carbocycles. The molecule has 0 radical (unpaired) electrons. The van der Waals surface area contributed by atoms with Crippen molar-refractivity contribution in [3.8, 4) is 0 Å². The first-order valence-electron chi connectivity index (χ1n) is 8.06. The Hall–Kier alpha value is -1.28. The fourth-order valence-electron chi connectivity index (χ4n) is 3.43. The Bertz CT molecular complexity index is 685. The van der Waals surface area contributed by atoms with E-state index in [9.17, 15) is 17.6 Å². The molecule has 0 bridgehead atoms. The van der Waals surface area contributed by atoms with Crippen molar-refractivity contribution in [2.24, 2.45) is 16.8 Å². The molecule has 1 aromatic carbocycles. The van der Waals surface area contributed by atoms with E-state index in [-0.39, 0.29) is 6.54 Å². The Balaban J connectivity index is 1.78. The van der Waals surface area contributed by atoms with Crippen LogP contribution in [0.5, 0.6) is 0 Å². The number of nitrogens with one attached hydrogen (secondary N) is 2. The van der Waals surface area contributed by atoms with Crippen molar-refractivity contribution in [2.75, 3.05) is 13.1 Å². The predicted molar refractivity (Wildman–Crippen MR) is 85.0 cm³/mol. The van der Waals surface area contributed by atoms with Crippen LogP contribution in [0, 0.1) is 17.7 Å². The van der Waals surface area contributed by atoms with Gasteiger partial charge in [0, 0.05) is 18.4 Å². The monoisotopic (exact) mass is 359 g/mol. The van der Waals surface area contributed by atoms with E-state index in [4.69, 9.17) is 0 Å². The molecule has 2 aliphatic heterocycles. The van der Waals surface area contributed by atoms with Gasteiger partial charge in [0.2, 0.25) is 0 Å².